The van der Waals surface area contributed by atoms with E-state index in [-0.39, 0.29) is 0 Å². The Morgan fingerprint density at radius 1 is 1.10 bits per heavy atom. The van der Waals surface area contributed by atoms with Crippen molar-refractivity contribution in [3.05, 3.63) is 41.9 Å². The summed E-state index contributed by atoms with van der Waals surface area (Å²) < 4.78 is 4.68. The lowest BCUT2D eigenvalue weighted by atomic mass is 9.95. The maximum absolute atomic E-state index is 9.60. The van der Waals surface area contributed by atoms with E-state index in [0.717, 1.165) is 42.8 Å². The molecule has 1 aliphatic heterocycles. The number of aliphatic imine (C=N–C) groups is 1. The lowest BCUT2D eigenvalue weighted by Crippen LogP contribution is -2.11. The van der Waals surface area contributed by atoms with Crippen LogP contribution in [-0.4, -0.2) is 32.2 Å². The average Bonchev–Trinajstić information content (AvgIpc) is 3.55. The van der Waals surface area contributed by atoms with E-state index >= 15 is 0 Å². The highest BCUT2D eigenvalue weighted by molar-refractivity contribution is 5.82. The van der Waals surface area contributed by atoms with Crippen LogP contribution in [0.5, 0.6) is 0 Å². The second kappa shape index (κ2) is 7.83. The van der Waals surface area contributed by atoms with Gasteiger partial charge >= 0.3 is 0 Å². The Balaban J connectivity index is 1.37. The van der Waals surface area contributed by atoms with E-state index in [1.54, 1.807) is 0 Å². The maximum atomic E-state index is 9.60. The van der Waals surface area contributed by atoms with Gasteiger partial charge in [0.15, 0.2) is 0 Å². The second-order valence-corrected chi connectivity index (χ2v) is 9.57. The van der Waals surface area contributed by atoms with Crippen LogP contribution in [0.4, 0.5) is 5.82 Å². The number of hydrogen-bond acceptors (Lipinski definition) is 4. The Morgan fingerprint density at radius 2 is 2.00 bits per heavy atom. The molecule has 3 heterocycles. The highest BCUT2D eigenvalue weighted by atomic mass is 16.3. The third-order valence-corrected chi connectivity index (χ3v) is 7.73. The first-order valence-electron chi connectivity index (χ1n) is 11.9. The molecule has 2 saturated carbocycles. The minimum absolute atomic E-state index is 0.302. The van der Waals surface area contributed by atoms with E-state index in [4.69, 9.17) is 4.98 Å². The zero-order valence-corrected chi connectivity index (χ0v) is 18.0. The summed E-state index contributed by atoms with van der Waals surface area (Å²) in [7, 11) is 0. The van der Waals surface area contributed by atoms with Crippen LogP contribution in [0, 0.1) is 5.92 Å². The number of imidazole rings is 1. The topological polar surface area (TPSA) is 67.4 Å². The van der Waals surface area contributed by atoms with Gasteiger partial charge in [0.2, 0.25) is 0 Å². The van der Waals surface area contributed by atoms with Crippen LogP contribution >= 0.6 is 0 Å². The van der Waals surface area contributed by atoms with Crippen LogP contribution < -0.4 is 5.32 Å². The van der Waals surface area contributed by atoms with Crippen molar-refractivity contribution in [1.82, 2.24) is 14.1 Å². The molecular weight excluding hydrogens is 386 g/mol. The van der Waals surface area contributed by atoms with Crippen LogP contribution in [0.25, 0.3) is 16.7 Å². The van der Waals surface area contributed by atoms with E-state index < -0.39 is 0 Å². The van der Waals surface area contributed by atoms with E-state index in [1.807, 2.05) is 12.7 Å². The molecule has 3 aromatic rings. The summed E-state index contributed by atoms with van der Waals surface area (Å²) in [6.45, 7) is 1.03. The standard InChI is InChI=1S/C25H31N5O/c31-14-17-6-7-18(10-17)22-13-29(25-21(22)12-26-15-27-25)20-8-9-24-23(11-20)28-16-30(24)19-4-2-1-3-5-19/h8-9,11,13,15-19,31H,1-7,10,12,14H2,(H,26,27). The molecule has 2 N–H and O–H groups in total. The molecular formula is C25H31N5O. The van der Waals surface area contributed by atoms with Crippen LogP contribution in [0.3, 0.4) is 0 Å². The summed E-state index contributed by atoms with van der Waals surface area (Å²) in [6, 6.07) is 7.28. The predicted octanol–water partition coefficient (Wildman–Crippen LogP) is 5.16. The molecule has 6 rings (SSSR count). The largest absolute Gasteiger partial charge is 0.396 e. The van der Waals surface area contributed by atoms with E-state index in [1.165, 1.54) is 48.7 Å². The molecule has 3 aliphatic rings. The number of rotatable bonds is 4. The number of hydrogen-bond donors (Lipinski definition) is 2. The van der Waals surface area contributed by atoms with Gasteiger partial charge in [-0.2, -0.15) is 0 Å². The third-order valence-electron chi connectivity index (χ3n) is 7.73. The van der Waals surface area contributed by atoms with Crippen LogP contribution in [0.15, 0.2) is 35.7 Å². The summed E-state index contributed by atoms with van der Waals surface area (Å²) >= 11 is 0. The van der Waals surface area contributed by atoms with Gasteiger partial charge in [-0.25, -0.2) is 4.98 Å². The molecule has 0 amide bonds. The van der Waals surface area contributed by atoms with Crippen molar-refractivity contribution in [2.75, 3.05) is 11.9 Å². The van der Waals surface area contributed by atoms with Gasteiger partial charge in [-0.3, -0.25) is 4.99 Å². The van der Waals surface area contributed by atoms with Gasteiger partial charge in [-0.15, -0.1) is 0 Å². The lowest BCUT2D eigenvalue weighted by molar-refractivity contribution is 0.228. The highest BCUT2D eigenvalue weighted by Crippen LogP contribution is 2.43. The Morgan fingerprint density at radius 3 is 2.84 bits per heavy atom. The summed E-state index contributed by atoms with van der Waals surface area (Å²) in [5.41, 5.74) is 6.15. The highest BCUT2D eigenvalue weighted by Gasteiger charge is 2.30. The summed E-state index contributed by atoms with van der Waals surface area (Å²) in [6.07, 6.45) is 16.0. The molecule has 162 valence electrons. The first-order chi connectivity index (χ1) is 15.3. The van der Waals surface area contributed by atoms with E-state index in [0.29, 0.717) is 24.5 Å². The molecule has 2 aromatic heterocycles. The van der Waals surface area contributed by atoms with Gasteiger partial charge in [0, 0.05) is 30.1 Å². The van der Waals surface area contributed by atoms with Crippen LogP contribution in [-0.2, 0) is 6.54 Å². The van der Waals surface area contributed by atoms with Crippen molar-refractivity contribution in [3.8, 4) is 5.69 Å². The van der Waals surface area contributed by atoms with Gasteiger partial charge in [0.25, 0.3) is 0 Å². The molecule has 0 radical (unpaired) electrons. The van der Waals surface area contributed by atoms with Crippen LogP contribution in [0.1, 0.15) is 74.5 Å². The molecule has 31 heavy (non-hydrogen) atoms. The van der Waals surface area contributed by atoms with Gasteiger partial charge in [-0.05, 0) is 67.7 Å². The fourth-order valence-corrected chi connectivity index (χ4v) is 6.03. The van der Waals surface area contributed by atoms with Crippen molar-refractivity contribution in [3.63, 3.8) is 0 Å². The normalized spacial score (nSPS) is 23.9. The minimum Gasteiger partial charge on any atom is -0.396 e. The second-order valence-electron chi connectivity index (χ2n) is 9.57. The number of aliphatic hydroxyl groups is 1. The quantitative estimate of drug-likeness (QED) is 0.616. The minimum atomic E-state index is 0.302. The predicted molar refractivity (Wildman–Crippen MR) is 124 cm³/mol. The Kier molecular flexibility index (Phi) is 4.82. The maximum Gasteiger partial charge on any atom is 0.121 e. The molecule has 0 saturated heterocycles. The van der Waals surface area contributed by atoms with Crippen molar-refractivity contribution in [2.24, 2.45) is 10.9 Å². The Bertz CT molecular complexity index is 1120. The van der Waals surface area contributed by atoms with Crippen molar-refractivity contribution >= 4 is 23.2 Å². The molecule has 2 fully saturated rings. The van der Waals surface area contributed by atoms with Gasteiger partial charge in [0.1, 0.15) is 5.82 Å². The molecule has 2 atom stereocenters. The number of aromatic nitrogens is 3. The van der Waals surface area contributed by atoms with Gasteiger partial charge in [-0.1, -0.05) is 19.3 Å². The van der Waals surface area contributed by atoms with Crippen molar-refractivity contribution in [2.45, 2.75) is 69.9 Å². The average molecular weight is 418 g/mol. The van der Waals surface area contributed by atoms with Crippen molar-refractivity contribution in [1.29, 1.82) is 0 Å². The van der Waals surface area contributed by atoms with Crippen LogP contribution in [0.2, 0.25) is 0 Å². The summed E-state index contributed by atoms with van der Waals surface area (Å²) in [4.78, 5) is 9.26. The van der Waals surface area contributed by atoms with E-state index in [9.17, 15) is 5.11 Å². The number of benzene rings is 1. The number of anilines is 1. The van der Waals surface area contributed by atoms with E-state index in [2.05, 4.69) is 43.8 Å². The summed E-state index contributed by atoms with van der Waals surface area (Å²) in [5, 5.41) is 13.0. The number of nitrogens with one attached hydrogen (secondary N) is 1. The molecule has 2 unspecified atom stereocenters. The van der Waals surface area contributed by atoms with Gasteiger partial charge in [0.05, 0.1) is 30.2 Å². The Labute approximate surface area is 183 Å². The zero-order chi connectivity index (χ0) is 20.8. The molecule has 0 spiro atoms. The smallest absolute Gasteiger partial charge is 0.121 e. The van der Waals surface area contributed by atoms with Gasteiger partial charge < -0.3 is 19.6 Å². The Hall–Kier alpha value is -2.60. The first-order valence-corrected chi connectivity index (χ1v) is 11.9. The molecule has 6 nitrogen and oxygen atoms in total. The summed E-state index contributed by atoms with van der Waals surface area (Å²) in [5.74, 6) is 2.07. The first kappa shape index (κ1) is 19.1. The fraction of sp³-hybridized carbons (Fsp3) is 0.520. The molecule has 1 aromatic carbocycles. The molecule has 0 bridgehead atoms. The third kappa shape index (κ3) is 3.28. The number of nitrogens with zero attached hydrogens (tertiary/aromatic N) is 4. The fourth-order valence-electron chi connectivity index (χ4n) is 6.03. The number of aliphatic hydroxyl groups excluding tert-OH is 1. The molecule has 2 aliphatic carbocycles. The SMILES string of the molecule is OCC1CCC(c2cn(-c3ccc4c(c3)ncn4C3CCCCC3)c3c2CN=CN3)C1. The molecule has 6 heteroatoms. The monoisotopic (exact) mass is 417 g/mol. The number of fused-ring (bicyclic) bond motifs is 2. The van der Waals surface area contributed by atoms with Crippen molar-refractivity contribution < 1.29 is 5.11 Å². The zero-order valence-electron chi connectivity index (χ0n) is 18.0. The lowest BCUT2D eigenvalue weighted by Gasteiger charge is -2.23.